The molecule has 0 saturated heterocycles. The van der Waals surface area contributed by atoms with Gasteiger partial charge in [-0.25, -0.2) is 0 Å². The maximum absolute atomic E-state index is 2.58. The quantitative estimate of drug-likeness (QED) is 0.152. The third-order valence-electron chi connectivity index (χ3n) is 22.6. The molecule has 8 heterocycles. The number of thiophene rings is 2. The summed E-state index contributed by atoms with van der Waals surface area (Å²) in [5.74, 6) is 0. The van der Waals surface area contributed by atoms with Crippen LogP contribution >= 0.6 is 22.7 Å². The Hall–Kier alpha value is -13.2. The van der Waals surface area contributed by atoms with Gasteiger partial charge in [0.15, 0.2) is 0 Å². The molecular weight excluding hydrogens is 1300 g/mol. The Morgan fingerprint density at radius 3 is 0.990 bits per heavy atom. The number of hydrogen-bond acceptors (Lipinski definition) is 2. The van der Waals surface area contributed by atoms with Gasteiger partial charge < -0.3 is 27.4 Å². The maximum Gasteiger partial charge on any atom is 0.0640 e. The van der Waals surface area contributed by atoms with Crippen LogP contribution in [0.4, 0.5) is 0 Å². The minimum absolute atomic E-state index is 1.10. The molecule has 8 aromatic heterocycles. The Morgan fingerprint density at radius 1 is 0.163 bits per heavy atom. The molecule has 0 spiro atoms. The molecule has 0 aliphatic rings. The van der Waals surface area contributed by atoms with E-state index in [4.69, 9.17) is 0 Å². The smallest absolute Gasteiger partial charge is 0.0640 e. The fourth-order valence-corrected chi connectivity index (χ4v) is 20.7. The normalized spacial score (nSPS) is 12.4. The molecule has 16 aromatic carbocycles. The van der Waals surface area contributed by atoms with Crippen molar-refractivity contribution in [3.63, 3.8) is 0 Å². The van der Waals surface area contributed by atoms with Crippen molar-refractivity contribution in [3.8, 4) is 45.3 Å². The Labute approximate surface area is 602 Å². The molecule has 0 aliphatic carbocycles. The first-order chi connectivity index (χ1) is 51.6. The highest BCUT2D eigenvalue weighted by Gasteiger charge is 2.29. The van der Waals surface area contributed by atoms with E-state index >= 15 is 0 Å². The number of hydrogen-bond donors (Lipinski definition) is 0. The number of para-hydroxylation sites is 6. The van der Waals surface area contributed by atoms with Crippen molar-refractivity contribution < 1.29 is 0 Å². The van der Waals surface area contributed by atoms with Gasteiger partial charge in [0.2, 0.25) is 0 Å². The van der Waals surface area contributed by atoms with Gasteiger partial charge in [0.25, 0.3) is 0 Å². The molecule has 482 valence electrons. The third kappa shape index (κ3) is 7.61. The summed E-state index contributed by atoms with van der Waals surface area (Å²) in [6, 6.07) is 127. The summed E-state index contributed by atoms with van der Waals surface area (Å²) in [6.07, 6.45) is 0. The average Bonchev–Trinajstić information content (AvgIpc) is 1.53. The molecule has 0 saturated carbocycles. The molecule has 0 amide bonds. The van der Waals surface area contributed by atoms with Gasteiger partial charge in [-0.15, -0.1) is 22.7 Å². The van der Waals surface area contributed by atoms with Crippen molar-refractivity contribution in [2.45, 2.75) is 0 Å². The van der Waals surface area contributed by atoms with Crippen LogP contribution in [-0.2, 0) is 0 Å². The lowest BCUT2D eigenvalue weighted by Crippen LogP contribution is -1.96. The molecule has 0 bridgehead atoms. The zero-order chi connectivity index (χ0) is 67.6. The van der Waals surface area contributed by atoms with Crippen molar-refractivity contribution >= 4 is 194 Å². The van der Waals surface area contributed by atoms with Gasteiger partial charge >= 0.3 is 0 Å². The lowest BCUT2D eigenvalue weighted by molar-refractivity contribution is 1.17. The third-order valence-corrected chi connectivity index (χ3v) is 24.9. The highest BCUT2D eigenvalue weighted by Crippen LogP contribution is 2.52. The van der Waals surface area contributed by atoms with Gasteiger partial charge in [-0.2, -0.15) is 0 Å². The lowest BCUT2D eigenvalue weighted by Gasteiger charge is -2.11. The van der Waals surface area contributed by atoms with Gasteiger partial charge in [-0.1, -0.05) is 188 Å². The summed E-state index contributed by atoms with van der Waals surface area (Å²) >= 11 is 3.76. The summed E-state index contributed by atoms with van der Waals surface area (Å²) in [5, 5.41) is 20.0. The lowest BCUT2D eigenvalue weighted by atomic mass is 9.99. The van der Waals surface area contributed by atoms with Crippen LogP contribution in [0.3, 0.4) is 0 Å². The number of rotatable bonds is 7. The fraction of sp³-hybridized carbons (Fsp3) is 0. The molecule has 0 fully saturated rings. The monoisotopic (exact) mass is 1360 g/mol. The van der Waals surface area contributed by atoms with Crippen LogP contribution in [0.25, 0.3) is 216 Å². The van der Waals surface area contributed by atoms with E-state index in [1.54, 1.807) is 0 Å². The summed E-state index contributed by atoms with van der Waals surface area (Å²) in [5.41, 5.74) is 23.2. The second kappa shape index (κ2) is 21.2. The van der Waals surface area contributed by atoms with Crippen LogP contribution in [0.15, 0.2) is 340 Å². The second-order valence-corrected chi connectivity index (χ2v) is 29.9. The molecule has 8 heteroatoms. The number of fused-ring (bicyclic) bond motifs is 28. The van der Waals surface area contributed by atoms with E-state index in [9.17, 15) is 0 Å². The first-order valence-electron chi connectivity index (χ1n) is 35.6. The Morgan fingerprint density at radius 2 is 0.490 bits per heavy atom. The van der Waals surface area contributed by atoms with E-state index in [0.717, 1.165) is 61.6 Å². The predicted molar refractivity (Wildman–Crippen MR) is 444 cm³/mol. The van der Waals surface area contributed by atoms with E-state index in [1.165, 1.54) is 155 Å². The molecule has 104 heavy (non-hydrogen) atoms. The topological polar surface area (TPSA) is 29.6 Å². The highest BCUT2D eigenvalue weighted by atomic mass is 32.1. The Balaban J connectivity index is 0.745. The first-order valence-corrected chi connectivity index (χ1v) is 37.3. The largest absolute Gasteiger partial charge is 0.309 e. The van der Waals surface area contributed by atoms with Gasteiger partial charge in [-0.05, 0) is 163 Å². The molecule has 0 radical (unpaired) electrons. The highest BCUT2D eigenvalue weighted by molar-refractivity contribution is 7.26. The van der Waals surface area contributed by atoms with Crippen LogP contribution in [0, 0.1) is 0 Å². The van der Waals surface area contributed by atoms with Crippen molar-refractivity contribution in [1.29, 1.82) is 0 Å². The van der Waals surface area contributed by atoms with E-state index < -0.39 is 0 Å². The molecule has 24 rings (SSSR count). The average molecular weight is 1360 g/mol. The van der Waals surface area contributed by atoms with E-state index in [-0.39, 0.29) is 0 Å². The van der Waals surface area contributed by atoms with Gasteiger partial charge in [-0.3, -0.25) is 0 Å². The number of benzene rings is 16. The van der Waals surface area contributed by atoms with Crippen LogP contribution in [0.1, 0.15) is 0 Å². The molecule has 0 aliphatic heterocycles. The zero-order valence-corrected chi connectivity index (χ0v) is 57.5. The summed E-state index contributed by atoms with van der Waals surface area (Å²) < 4.78 is 20.2. The summed E-state index contributed by atoms with van der Waals surface area (Å²) in [7, 11) is 0. The molecule has 6 nitrogen and oxygen atoms in total. The SMILES string of the molecule is c1ccc(-n2c3ccccc3c3c4c5c6c7ccccc7n(-c7ccc8c(c7)sc7ccccc78)c6ccc5n(-c5ccc(-c6ccc7c8c9c%10c%11c%12ccccc%12n(-c%12ccccc%12)c%11ccc%10n(-c%10cccc%11c%10sc%10ccccc%10%11)c9ccc8n(-c8ccccc8)c7c6)cc5)c4ccc32)cc1. The van der Waals surface area contributed by atoms with Crippen LogP contribution in [0.5, 0.6) is 0 Å². The number of nitrogens with zero attached hydrogens (tertiary/aromatic N) is 6. The molecule has 24 aromatic rings. The molecule has 0 N–H and O–H groups in total. The molecule has 0 atom stereocenters. The standard InChI is InChI=1S/C96H56N6S2/c1-4-21-59(22-5-1)97-72-33-15-10-29-68(72)88-75(97)47-51-79-92(88)93-80(52-48-78-90(93)70-31-12-17-35-74(70)101(78)63-44-46-66-64-27-13-18-37-85(64)103-87(66)56-63)99(79)62-42-39-57(40-43-62)58-41-45-71-84(55-58)100(61-25-8-3-9-26-61)77-50-54-82-95(91(71)77)94-81(102(82)83-36-20-32-67-65-28-14-19-38-86(65)104-96(67)83)53-49-76-89(94)69-30-11-16-34-73(69)98(76)60-23-6-2-7-24-60/h1-56H. The first kappa shape index (κ1) is 56.5. The van der Waals surface area contributed by atoms with Crippen molar-refractivity contribution in [2.75, 3.05) is 0 Å². The van der Waals surface area contributed by atoms with Crippen molar-refractivity contribution in [1.82, 2.24) is 27.4 Å². The van der Waals surface area contributed by atoms with Gasteiger partial charge in [0, 0.05) is 129 Å². The van der Waals surface area contributed by atoms with Crippen molar-refractivity contribution in [3.05, 3.63) is 340 Å². The number of aromatic nitrogens is 6. The predicted octanol–water partition coefficient (Wildman–Crippen LogP) is 26.7. The fourth-order valence-electron chi connectivity index (χ4n) is 18.4. The van der Waals surface area contributed by atoms with Gasteiger partial charge in [0.1, 0.15) is 0 Å². The van der Waals surface area contributed by atoms with Crippen LogP contribution in [-0.4, -0.2) is 27.4 Å². The van der Waals surface area contributed by atoms with Crippen LogP contribution < -0.4 is 0 Å². The minimum atomic E-state index is 1.10. The summed E-state index contributed by atoms with van der Waals surface area (Å²) in [4.78, 5) is 0. The maximum atomic E-state index is 2.58. The summed E-state index contributed by atoms with van der Waals surface area (Å²) in [6.45, 7) is 0. The van der Waals surface area contributed by atoms with Crippen LogP contribution in [0.2, 0.25) is 0 Å². The molecular formula is C96H56N6S2. The molecule has 0 unspecified atom stereocenters. The second-order valence-electron chi connectivity index (χ2n) is 27.8. The minimum Gasteiger partial charge on any atom is -0.309 e. The van der Waals surface area contributed by atoms with Crippen molar-refractivity contribution in [2.24, 2.45) is 0 Å². The zero-order valence-electron chi connectivity index (χ0n) is 55.8. The van der Waals surface area contributed by atoms with Gasteiger partial charge in [0.05, 0.1) is 76.6 Å². The van der Waals surface area contributed by atoms with E-state index in [0.29, 0.717) is 0 Å². The van der Waals surface area contributed by atoms with E-state index in [2.05, 4.69) is 367 Å². The van der Waals surface area contributed by atoms with E-state index in [1.807, 2.05) is 22.7 Å². The Kier molecular flexibility index (Phi) is 11.5. The Bertz CT molecular complexity index is 7820.